The minimum absolute atomic E-state index is 0.0164. The molecule has 2 unspecified atom stereocenters. The number of nitrogens with zero attached hydrogens (tertiary/aromatic N) is 4. The van der Waals surface area contributed by atoms with Crippen molar-refractivity contribution in [2.75, 3.05) is 20.2 Å². The lowest BCUT2D eigenvalue weighted by molar-refractivity contribution is -0.139. The summed E-state index contributed by atoms with van der Waals surface area (Å²) in [4.78, 5) is 31.5. The molecule has 9 nitrogen and oxygen atoms in total. The topological polar surface area (TPSA) is 101 Å². The second-order valence-corrected chi connectivity index (χ2v) is 8.08. The van der Waals surface area contributed by atoms with Crippen LogP contribution < -0.4 is 10.6 Å². The van der Waals surface area contributed by atoms with Crippen LogP contribution in [0.4, 0.5) is 4.79 Å². The van der Waals surface area contributed by atoms with Gasteiger partial charge < -0.3 is 15.4 Å². The third-order valence-corrected chi connectivity index (χ3v) is 5.91. The summed E-state index contributed by atoms with van der Waals surface area (Å²) in [7, 11) is 1.96. The number of urea groups is 1. The van der Waals surface area contributed by atoms with E-state index in [1.807, 2.05) is 61.6 Å². The molecule has 2 atom stereocenters. The molecule has 0 saturated heterocycles. The molecule has 2 amide bonds. The van der Waals surface area contributed by atoms with Crippen LogP contribution in [0, 0.1) is 0 Å². The summed E-state index contributed by atoms with van der Waals surface area (Å²) in [6.45, 7) is 4.45. The first-order chi connectivity index (χ1) is 16.5. The molecule has 9 heteroatoms. The Morgan fingerprint density at radius 2 is 1.91 bits per heavy atom. The molecule has 0 saturated carbocycles. The number of hydrogen-bond donors (Lipinski definition) is 2. The van der Waals surface area contributed by atoms with Gasteiger partial charge in [-0.3, -0.25) is 4.90 Å². The van der Waals surface area contributed by atoms with E-state index in [-0.39, 0.29) is 18.7 Å². The highest BCUT2D eigenvalue weighted by Gasteiger charge is 2.34. The summed E-state index contributed by atoms with van der Waals surface area (Å²) in [5.74, 6) is -0.447. The van der Waals surface area contributed by atoms with Gasteiger partial charge >= 0.3 is 12.0 Å². The van der Waals surface area contributed by atoms with E-state index in [2.05, 4.69) is 32.5 Å². The van der Waals surface area contributed by atoms with E-state index in [0.29, 0.717) is 17.8 Å². The van der Waals surface area contributed by atoms with E-state index < -0.39 is 12.0 Å². The third-order valence-electron chi connectivity index (χ3n) is 5.91. The number of ether oxygens (including phenoxy) is 1. The number of esters is 1. The number of nitrogens with one attached hydrogen (secondary N) is 2. The molecule has 0 radical (unpaired) electrons. The fourth-order valence-electron chi connectivity index (χ4n) is 3.98. The first-order valence-corrected chi connectivity index (χ1v) is 11.2. The van der Waals surface area contributed by atoms with Crippen LogP contribution in [-0.4, -0.2) is 51.9 Å². The molecule has 3 aromatic rings. The van der Waals surface area contributed by atoms with E-state index in [4.69, 9.17) is 4.74 Å². The van der Waals surface area contributed by atoms with Gasteiger partial charge in [-0.2, -0.15) is 5.10 Å². The molecule has 1 aromatic heterocycles. The van der Waals surface area contributed by atoms with Gasteiger partial charge in [-0.15, -0.1) is 0 Å². The fraction of sp³-hybridized carbons (Fsp3) is 0.280. The van der Waals surface area contributed by atoms with Gasteiger partial charge in [-0.05, 0) is 44.2 Å². The largest absolute Gasteiger partial charge is 0.463 e. The summed E-state index contributed by atoms with van der Waals surface area (Å²) in [5.41, 5.74) is 3.76. The zero-order valence-electron chi connectivity index (χ0n) is 19.4. The average molecular weight is 461 g/mol. The number of carbonyl (C=O) groups excluding carboxylic acids is 2. The van der Waals surface area contributed by atoms with E-state index in [1.54, 1.807) is 17.9 Å². The Bertz CT molecular complexity index is 1160. The molecule has 1 aliphatic heterocycles. The molecule has 2 heterocycles. The van der Waals surface area contributed by atoms with Crippen LogP contribution in [0.15, 0.2) is 78.5 Å². The van der Waals surface area contributed by atoms with Crippen LogP contribution in [-0.2, 0) is 9.53 Å². The highest BCUT2D eigenvalue weighted by atomic mass is 16.5. The van der Waals surface area contributed by atoms with E-state index in [1.165, 1.54) is 6.33 Å². The van der Waals surface area contributed by atoms with Gasteiger partial charge in [0, 0.05) is 18.3 Å². The van der Waals surface area contributed by atoms with Gasteiger partial charge in [0.2, 0.25) is 0 Å². The summed E-state index contributed by atoms with van der Waals surface area (Å²) >= 11 is 0. The normalized spacial score (nSPS) is 16.7. The van der Waals surface area contributed by atoms with Crippen LogP contribution in [0.2, 0.25) is 0 Å². The van der Waals surface area contributed by atoms with E-state index >= 15 is 0 Å². The highest BCUT2D eigenvalue weighted by Crippen LogP contribution is 2.29. The molecule has 2 aromatic carbocycles. The molecule has 0 bridgehead atoms. The quantitative estimate of drug-likeness (QED) is 0.501. The van der Waals surface area contributed by atoms with Crippen LogP contribution in [0.3, 0.4) is 0 Å². The van der Waals surface area contributed by atoms with Crippen LogP contribution in [0.5, 0.6) is 0 Å². The minimum atomic E-state index is -0.588. The lowest BCUT2D eigenvalue weighted by atomic mass is 9.94. The highest BCUT2D eigenvalue weighted by molar-refractivity contribution is 5.95. The Kier molecular flexibility index (Phi) is 7.03. The average Bonchev–Trinajstić information content (AvgIpc) is 3.39. The molecule has 0 fully saturated rings. The Balaban J connectivity index is 1.60. The molecule has 0 spiro atoms. The molecular formula is C25H28N6O3. The van der Waals surface area contributed by atoms with E-state index in [9.17, 15) is 9.59 Å². The van der Waals surface area contributed by atoms with Crippen molar-refractivity contribution in [3.8, 4) is 5.69 Å². The van der Waals surface area contributed by atoms with Gasteiger partial charge in [0.15, 0.2) is 0 Å². The molecule has 1 aliphatic rings. The molecule has 0 aliphatic carbocycles. The molecule has 34 heavy (non-hydrogen) atoms. The van der Waals surface area contributed by atoms with Crippen LogP contribution in [0.1, 0.15) is 37.1 Å². The molecule has 2 N–H and O–H groups in total. The summed E-state index contributed by atoms with van der Waals surface area (Å²) < 4.78 is 7.05. The van der Waals surface area contributed by atoms with Crippen LogP contribution in [0.25, 0.3) is 5.69 Å². The number of aromatic nitrogens is 3. The number of rotatable bonds is 8. The lowest BCUT2D eigenvalue weighted by Gasteiger charge is -2.33. The zero-order chi connectivity index (χ0) is 24.1. The summed E-state index contributed by atoms with van der Waals surface area (Å²) in [5, 5.41) is 9.86. The van der Waals surface area contributed by atoms with Gasteiger partial charge in [0.25, 0.3) is 0 Å². The van der Waals surface area contributed by atoms with Crippen molar-refractivity contribution in [3.63, 3.8) is 0 Å². The smallest absolute Gasteiger partial charge is 0.338 e. The predicted octanol–water partition coefficient (Wildman–Crippen LogP) is 3.13. The fourth-order valence-corrected chi connectivity index (χ4v) is 3.98. The van der Waals surface area contributed by atoms with Crippen molar-refractivity contribution in [1.82, 2.24) is 30.3 Å². The Labute approximate surface area is 198 Å². The number of carbonyl (C=O) groups is 2. The maximum atomic E-state index is 13.0. The first-order valence-electron chi connectivity index (χ1n) is 11.2. The van der Waals surface area contributed by atoms with Crippen molar-refractivity contribution >= 4 is 12.0 Å². The van der Waals surface area contributed by atoms with E-state index in [0.717, 1.165) is 16.8 Å². The Hall–Kier alpha value is -3.98. The van der Waals surface area contributed by atoms with Gasteiger partial charge in [-0.1, -0.05) is 42.5 Å². The summed E-state index contributed by atoms with van der Waals surface area (Å²) in [6, 6.07) is 16.5. The van der Waals surface area contributed by atoms with Crippen molar-refractivity contribution in [2.24, 2.45) is 0 Å². The Morgan fingerprint density at radius 3 is 2.56 bits per heavy atom. The Morgan fingerprint density at radius 1 is 1.18 bits per heavy atom. The monoisotopic (exact) mass is 460 g/mol. The van der Waals surface area contributed by atoms with Crippen LogP contribution >= 0.6 is 0 Å². The number of amides is 2. The summed E-state index contributed by atoms with van der Waals surface area (Å²) in [6.07, 6.45) is 3.14. The maximum Gasteiger partial charge on any atom is 0.338 e. The predicted molar refractivity (Wildman–Crippen MR) is 127 cm³/mol. The number of benzene rings is 2. The minimum Gasteiger partial charge on any atom is -0.463 e. The van der Waals surface area contributed by atoms with Crippen molar-refractivity contribution in [2.45, 2.75) is 25.9 Å². The van der Waals surface area contributed by atoms with Gasteiger partial charge in [-0.25, -0.2) is 19.3 Å². The van der Waals surface area contributed by atoms with Gasteiger partial charge in [0.1, 0.15) is 12.7 Å². The van der Waals surface area contributed by atoms with Gasteiger partial charge in [0.05, 0.1) is 23.9 Å². The van der Waals surface area contributed by atoms with Crippen molar-refractivity contribution in [1.29, 1.82) is 0 Å². The lowest BCUT2D eigenvalue weighted by Crippen LogP contribution is -2.48. The van der Waals surface area contributed by atoms with Crippen molar-refractivity contribution in [3.05, 3.63) is 89.6 Å². The SMILES string of the molecule is CCOC(=O)C1=C(CN(C)C(C)c2ccc(-n3cncn3)cc2)NC(=O)NC1c1ccccc1. The maximum absolute atomic E-state index is 13.0. The van der Waals surface area contributed by atoms with Crippen molar-refractivity contribution < 1.29 is 14.3 Å². The number of likely N-dealkylation sites (N-methyl/N-ethyl adjacent to an activating group) is 1. The third kappa shape index (κ3) is 4.99. The zero-order valence-corrected chi connectivity index (χ0v) is 19.4. The standard InChI is InChI=1S/C25H28N6O3/c1-4-34-24(32)22-21(28-25(33)29-23(22)19-8-6-5-7-9-19)14-30(3)17(2)18-10-12-20(13-11-18)31-16-26-15-27-31/h5-13,15-17,23H,4,14H2,1-3H3,(H2,28,29,33). The molecule has 176 valence electrons. The first kappa shape index (κ1) is 23.2. The molecular weight excluding hydrogens is 432 g/mol. The second kappa shape index (κ2) is 10.3. The second-order valence-electron chi connectivity index (χ2n) is 8.08. The number of hydrogen-bond acceptors (Lipinski definition) is 6. The molecule has 4 rings (SSSR count).